The van der Waals surface area contributed by atoms with Gasteiger partial charge in [-0.2, -0.15) is 0 Å². The van der Waals surface area contributed by atoms with Crippen molar-refractivity contribution >= 4 is 17.2 Å². The maximum atomic E-state index is 15.1. The van der Waals surface area contributed by atoms with E-state index in [1.807, 2.05) is 0 Å². The predicted molar refractivity (Wildman–Crippen MR) is 143 cm³/mol. The van der Waals surface area contributed by atoms with Crippen molar-refractivity contribution in [2.45, 2.75) is 32.4 Å². The summed E-state index contributed by atoms with van der Waals surface area (Å²) in [6, 6.07) is 8.20. The van der Waals surface area contributed by atoms with E-state index in [1.165, 1.54) is 50.5 Å². The summed E-state index contributed by atoms with van der Waals surface area (Å²) in [7, 11) is 0. The zero-order valence-electron chi connectivity index (χ0n) is 21.9. The van der Waals surface area contributed by atoms with Gasteiger partial charge in [0, 0.05) is 57.2 Å². The molecule has 2 fully saturated rings. The second kappa shape index (κ2) is 11.3. The fourth-order valence-corrected chi connectivity index (χ4v) is 5.34. The molecular formula is C29H34F3N5O. The van der Waals surface area contributed by atoms with Gasteiger partial charge in [-0.25, -0.2) is 23.1 Å². The van der Waals surface area contributed by atoms with Crippen molar-refractivity contribution in [3.05, 3.63) is 66.1 Å². The Morgan fingerprint density at radius 1 is 0.947 bits per heavy atom. The van der Waals surface area contributed by atoms with Gasteiger partial charge in [0.25, 0.3) is 0 Å². The summed E-state index contributed by atoms with van der Waals surface area (Å²) in [5, 5.41) is 3.36. The van der Waals surface area contributed by atoms with Crippen LogP contribution in [0.3, 0.4) is 0 Å². The quantitative estimate of drug-likeness (QED) is 0.413. The van der Waals surface area contributed by atoms with Crippen LogP contribution < -0.4 is 10.2 Å². The van der Waals surface area contributed by atoms with Crippen molar-refractivity contribution in [3.8, 4) is 11.1 Å². The minimum absolute atomic E-state index is 0.149. The Labute approximate surface area is 221 Å². The highest BCUT2D eigenvalue weighted by molar-refractivity contribution is 5.85. The maximum absolute atomic E-state index is 15.1. The zero-order chi connectivity index (χ0) is 26.7. The molecular weight excluding hydrogens is 491 g/mol. The van der Waals surface area contributed by atoms with E-state index in [-0.39, 0.29) is 5.56 Å². The Morgan fingerprint density at radius 3 is 2.39 bits per heavy atom. The topological polar surface area (TPSA) is 53.5 Å². The lowest BCUT2D eigenvalue weighted by Crippen LogP contribution is -2.48. The molecule has 2 aliphatic rings. The fraction of sp³-hybridized carbons (Fsp3) is 0.448. The highest BCUT2D eigenvalue weighted by atomic mass is 19.1. The van der Waals surface area contributed by atoms with Gasteiger partial charge in [-0.3, -0.25) is 4.90 Å². The molecule has 1 aromatic heterocycles. The van der Waals surface area contributed by atoms with Crippen LogP contribution in [0.1, 0.15) is 32.3 Å². The Bertz CT molecular complexity index is 1250. The monoisotopic (exact) mass is 525 g/mol. The number of hydrogen-bond donors (Lipinski definition) is 1. The Balaban J connectivity index is 1.38. The summed E-state index contributed by atoms with van der Waals surface area (Å²) in [6.45, 7) is 9.05. The number of alkyl halides is 1. The molecule has 3 aromatic rings. The summed E-state index contributed by atoms with van der Waals surface area (Å²) in [6.07, 6.45) is 5.45. The van der Waals surface area contributed by atoms with Crippen LogP contribution in [0.25, 0.3) is 11.1 Å². The Hall–Kier alpha value is -3.17. The lowest BCUT2D eigenvalue weighted by atomic mass is 9.89. The van der Waals surface area contributed by atoms with E-state index in [1.54, 1.807) is 12.3 Å². The van der Waals surface area contributed by atoms with Crippen LogP contribution in [0.5, 0.6) is 0 Å². The number of aromatic nitrogens is 2. The first-order valence-corrected chi connectivity index (χ1v) is 13.2. The summed E-state index contributed by atoms with van der Waals surface area (Å²) in [5.41, 5.74) is 0.394. The number of hydrogen-bond acceptors (Lipinski definition) is 6. The van der Waals surface area contributed by atoms with Crippen LogP contribution in [0.4, 0.5) is 30.4 Å². The van der Waals surface area contributed by atoms with Gasteiger partial charge in [0.1, 0.15) is 29.3 Å². The number of nitrogens with one attached hydrogen (secondary N) is 1. The first-order valence-electron chi connectivity index (χ1n) is 13.2. The molecule has 0 saturated carbocycles. The van der Waals surface area contributed by atoms with Crippen LogP contribution >= 0.6 is 0 Å². The molecule has 38 heavy (non-hydrogen) atoms. The molecule has 2 aliphatic heterocycles. The van der Waals surface area contributed by atoms with Gasteiger partial charge in [0.15, 0.2) is 5.82 Å². The molecule has 3 heterocycles. The summed E-state index contributed by atoms with van der Waals surface area (Å²) >= 11 is 0. The van der Waals surface area contributed by atoms with Crippen LogP contribution in [0.15, 0.2) is 48.9 Å². The molecule has 0 atom stereocenters. The van der Waals surface area contributed by atoms with E-state index in [0.29, 0.717) is 28.4 Å². The summed E-state index contributed by atoms with van der Waals surface area (Å²) in [4.78, 5) is 13.5. The lowest BCUT2D eigenvalue weighted by Gasteiger charge is -2.38. The van der Waals surface area contributed by atoms with E-state index in [0.717, 1.165) is 64.6 Å². The number of benzene rings is 2. The highest BCUT2D eigenvalue weighted by Gasteiger charge is 2.27. The molecule has 0 aliphatic carbocycles. The molecule has 0 spiro atoms. The average Bonchev–Trinajstić information content (AvgIpc) is 2.91. The molecule has 2 saturated heterocycles. The van der Waals surface area contributed by atoms with Gasteiger partial charge >= 0.3 is 0 Å². The summed E-state index contributed by atoms with van der Waals surface area (Å²) < 4.78 is 49.0. The normalized spacial score (nSPS) is 17.6. The predicted octanol–water partition coefficient (Wildman–Crippen LogP) is 5.92. The van der Waals surface area contributed by atoms with Gasteiger partial charge in [0.2, 0.25) is 0 Å². The SMILES string of the molecule is CC(C)(F)c1cc(F)ccc1-c1cc(F)ccc1Nc1cncnc1N1CCN(CC2CCOCC2)CC1. The van der Waals surface area contributed by atoms with Crippen molar-refractivity contribution < 1.29 is 17.9 Å². The average molecular weight is 526 g/mol. The number of rotatable bonds is 7. The number of halogens is 3. The fourth-order valence-electron chi connectivity index (χ4n) is 5.34. The van der Waals surface area contributed by atoms with Crippen molar-refractivity contribution in [1.29, 1.82) is 0 Å². The first kappa shape index (κ1) is 26.4. The van der Waals surface area contributed by atoms with Gasteiger partial charge in [-0.05, 0) is 74.1 Å². The number of anilines is 3. The zero-order valence-corrected chi connectivity index (χ0v) is 21.9. The number of nitrogens with zero attached hydrogens (tertiary/aromatic N) is 4. The molecule has 202 valence electrons. The lowest BCUT2D eigenvalue weighted by molar-refractivity contribution is 0.0517. The molecule has 2 aromatic carbocycles. The van der Waals surface area contributed by atoms with Crippen LogP contribution in [-0.2, 0) is 10.4 Å². The molecule has 9 heteroatoms. The van der Waals surface area contributed by atoms with E-state index in [2.05, 4.69) is 25.1 Å². The van der Waals surface area contributed by atoms with Crippen molar-refractivity contribution in [1.82, 2.24) is 14.9 Å². The molecule has 0 amide bonds. The minimum atomic E-state index is -1.83. The van der Waals surface area contributed by atoms with Gasteiger partial charge in [-0.1, -0.05) is 6.07 Å². The van der Waals surface area contributed by atoms with E-state index in [4.69, 9.17) is 4.74 Å². The second-order valence-corrected chi connectivity index (χ2v) is 10.6. The van der Waals surface area contributed by atoms with Crippen LogP contribution in [-0.4, -0.2) is 60.8 Å². The second-order valence-electron chi connectivity index (χ2n) is 10.6. The third-order valence-corrected chi connectivity index (χ3v) is 7.38. The molecule has 0 radical (unpaired) electrons. The van der Waals surface area contributed by atoms with Gasteiger partial charge < -0.3 is 15.0 Å². The third kappa shape index (κ3) is 6.10. The molecule has 6 nitrogen and oxygen atoms in total. The van der Waals surface area contributed by atoms with Crippen molar-refractivity contribution in [2.24, 2.45) is 5.92 Å². The minimum Gasteiger partial charge on any atom is -0.381 e. The van der Waals surface area contributed by atoms with Crippen LogP contribution in [0, 0.1) is 17.6 Å². The third-order valence-electron chi connectivity index (χ3n) is 7.38. The van der Waals surface area contributed by atoms with E-state index in [9.17, 15) is 8.78 Å². The van der Waals surface area contributed by atoms with Crippen LogP contribution in [0.2, 0.25) is 0 Å². The number of piperazine rings is 1. The molecule has 5 rings (SSSR count). The first-order chi connectivity index (χ1) is 18.3. The Kier molecular flexibility index (Phi) is 7.85. The maximum Gasteiger partial charge on any atom is 0.155 e. The smallest absolute Gasteiger partial charge is 0.155 e. The van der Waals surface area contributed by atoms with Crippen molar-refractivity contribution in [3.63, 3.8) is 0 Å². The van der Waals surface area contributed by atoms with E-state index < -0.39 is 17.3 Å². The van der Waals surface area contributed by atoms with Gasteiger partial charge in [0.05, 0.1) is 6.20 Å². The largest absolute Gasteiger partial charge is 0.381 e. The molecule has 0 unspecified atom stereocenters. The standard InChI is InChI=1S/C29H34F3N5O/c1-29(2,32)25-16-22(31)3-5-23(25)24-15-21(30)4-6-26(24)35-27-17-33-19-34-28(27)37-11-9-36(10-12-37)18-20-7-13-38-14-8-20/h3-6,15-17,19-20,35H,7-14,18H2,1-2H3. The number of ether oxygens (including phenoxy) is 1. The Morgan fingerprint density at radius 2 is 1.66 bits per heavy atom. The molecule has 1 N–H and O–H groups in total. The summed E-state index contributed by atoms with van der Waals surface area (Å²) in [5.74, 6) is 0.429. The molecule has 0 bridgehead atoms. The van der Waals surface area contributed by atoms with E-state index >= 15 is 4.39 Å². The van der Waals surface area contributed by atoms with Crippen molar-refractivity contribution in [2.75, 3.05) is 56.2 Å². The highest BCUT2D eigenvalue weighted by Crippen LogP contribution is 2.40. The van der Waals surface area contributed by atoms with Gasteiger partial charge in [-0.15, -0.1) is 0 Å².